The quantitative estimate of drug-likeness (QED) is 0.714. The van der Waals surface area contributed by atoms with Crippen LogP contribution in [0.1, 0.15) is 19.5 Å². The van der Waals surface area contributed by atoms with E-state index in [2.05, 4.69) is 10.2 Å². The Kier molecular flexibility index (Phi) is 2.01. The van der Waals surface area contributed by atoms with Gasteiger partial charge in [-0.05, 0) is 13.8 Å². The first-order valence-corrected chi connectivity index (χ1v) is 3.63. The second-order valence-electron chi connectivity index (χ2n) is 3.33. The molecule has 74 valence electrons. The molecule has 3 nitrogen and oxygen atoms in total. The van der Waals surface area contributed by atoms with Crippen LogP contribution in [0.3, 0.4) is 0 Å². The third kappa shape index (κ3) is 1.61. The number of nitrogen functional groups attached to an aromatic ring is 1. The van der Waals surface area contributed by atoms with E-state index in [1.165, 1.54) is 6.07 Å². The Hall–Kier alpha value is -1.20. The number of rotatable bonds is 1. The standard InChI is InChI=1S/C7H10F3N3/c1-6(2,7(8,9)10)4-3-5(11)13-12-4/h3H,1-2H3,(H3,11,12,13). The topological polar surface area (TPSA) is 54.7 Å². The molecule has 0 saturated heterocycles. The molecule has 0 radical (unpaired) electrons. The number of H-pyrrole nitrogens is 1. The first-order valence-electron chi connectivity index (χ1n) is 3.63. The minimum Gasteiger partial charge on any atom is -0.382 e. The lowest BCUT2D eigenvalue weighted by Crippen LogP contribution is -2.36. The first kappa shape index (κ1) is 9.88. The Morgan fingerprint density at radius 1 is 1.38 bits per heavy atom. The smallest absolute Gasteiger partial charge is 0.382 e. The fraction of sp³-hybridized carbons (Fsp3) is 0.571. The van der Waals surface area contributed by atoms with E-state index in [4.69, 9.17) is 5.73 Å². The minimum absolute atomic E-state index is 0.0301. The average molecular weight is 193 g/mol. The molecule has 0 saturated carbocycles. The molecule has 1 aromatic rings. The monoisotopic (exact) mass is 193 g/mol. The van der Waals surface area contributed by atoms with Gasteiger partial charge >= 0.3 is 6.18 Å². The molecular formula is C7H10F3N3. The molecule has 0 atom stereocenters. The molecule has 0 amide bonds. The van der Waals surface area contributed by atoms with Crippen LogP contribution in [-0.2, 0) is 5.41 Å². The maximum absolute atomic E-state index is 12.4. The number of hydrogen-bond acceptors (Lipinski definition) is 2. The number of aromatic amines is 1. The molecule has 0 aliphatic heterocycles. The Balaban J connectivity index is 3.07. The van der Waals surface area contributed by atoms with Crippen LogP contribution < -0.4 is 5.73 Å². The van der Waals surface area contributed by atoms with E-state index >= 15 is 0 Å². The van der Waals surface area contributed by atoms with Crippen LogP contribution in [0.2, 0.25) is 0 Å². The predicted molar refractivity (Wildman–Crippen MR) is 42.1 cm³/mol. The molecule has 1 heterocycles. The summed E-state index contributed by atoms with van der Waals surface area (Å²) in [6.45, 7) is 2.14. The summed E-state index contributed by atoms with van der Waals surface area (Å²) in [7, 11) is 0. The van der Waals surface area contributed by atoms with E-state index < -0.39 is 11.6 Å². The lowest BCUT2D eigenvalue weighted by molar-refractivity contribution is -0.181. The fourth-order valence-electron chi connectivity index (χ4n) is 0.810. The van der Waals surface area contributed by atoms with Crippen molar-refractivity contribution in [3.63, 3.8) is 0 Å². The van der Waals surface area contributed by atoms with Gasteiger partial charge < -0.3 is 5.73 Å². The number of nitrogens with zero attached hydrogens (tertiary/aromatic N) is 1. The molecule has 0 fully saturated rings. The summed E-state index contributed by atoms with van der Waals surface area (Å²) >= 11 is 0. The summed E-state index contributed by atoms with van der Waals surface area (Å²) in [5.41, 5.74) is 3.23. The van der Waals surface area contributed by atoms with Crippen molar-refractivity contribution in [3.05, 3.63) is 11.8 Å². The molecule has 1 aromatic heterocycles. The van der Waals surface area contributed by atoms with Crippen molar-refractivity contribution in [2.24, 2.45) is 0 Å². The fourth-order valence-corrected chi connectivity index (χ4v) is 0.810. The summed E-state index contributed by atoms with van der Waals surface area (Å²) in [4.78, 5) is 0. The van der Waals surface area contributed by atoms with Crippen molar-refractivity contribution in [1.29, 1.82) is 0 Å². The van der Waals surface area contributed by atoms with Crippen molar-refractivity contribution in [1.82, 2.24) is 10.2 Å². The molecule has 1 rings (SSSR count). The van der Waals surface area contributed by atoms with Crippen LogP contribution in [0.15, 0.2) is 6.07 Å². The maximum atomic E-state index is 12.4. The van der Waals surface area contributed by atoms with Gasteiger partial charge in [0.15, 0.2) is 0 Å². The molecule has 0 aliphatic rings. The lowest BCUT2D eigenvalue weighted by Gasteiger charge is -2.25. The number of anilines is 1. The molecule has 0 aliphatic carbocycles. The van der Waals surface area contributed by atoms with E-state index in [1.807, 2.05) is 0 Å². The summed E-state index contributed by atoms with van der Waals surface area (Å²) in [5, 5.41) is 5.71. The summed E-state index contributed by atoms with van der Waals surface area (Å²) < 4.78 is 37.3. The van der Waals surface area contributed by atoms with Crippen LogP contribution in [-0.4, -0.2) is 16.4 Å². The second-order valence-corrected chi connectivity index (χ2v) is 3.33. The normalized spacial score (nSPS) is 13.3. The SMILES string of the molecule is CC(C)(c1cc(N)n[nH]1)C(F)(F)F. The molecular weight excluding hydrogens is 183 g/mol. The van der Waals surface area contributed by atoms with Gasteiger partial charge in [0.1, 0.15) is 11.2 Å². The Bertz CT molecular complexity index is 300. The van der Waals surface area contributed by atoms with Gasteiger partial charge in [-0.3, -0.25) is 5.10 Å². The van der Waals surface area contributed by atoms with Gasteiger partial charge in [0, 0.05) is 6.07 Å². The average Bonchev–Trinajstić information content (AvgIpc) is 2.33. The Morgan fingerprint density at radius 2 is 1.92 bits per heavy atom. The highest BCUT2D eigenvalue weighted by molar-refractivity contribution is 5.32. The largest absolute Gasteiger partial charge is 0.399 e. The van der Waals surface area contributed by atoms with Gasteiger partial charge in [-0.1, -0.05) is 0 Å². The number of nitrogens with two attached hydrogens (primary N) is 1. The maximum Gasteiger partial charge on any atom is 0.399 e. The summed E-state index contributed by atoms with van der Waals surface area (Å²) in [5.74, 6) is 0.0623. The Labute approximate surface area is 73.1 Å². The van der Waals surface area contributed by atoms with Crippen molar-refractivity contribution < 1.29 is 13.2 Å². The highest BCUT2D eigenvalue weighted by atomic mass is 19.4. The van der Waals surface area contributed by atoms with Gasteiger partial charge in [-0.2, -0.15) is 18.3 Å². The molecule has 0 aromatic carbocycles. The van der Waals surface area contributed by atoms with Crippen LogP contribution in [0.4, 0.5) is 19.0 Å². The van der Waals surface area contributed by atoms with Crippen molar-refractivity contribution in [2.45, 2.75) is 25.4 Å². The third-order valence-electron chi connectivity index (χ3n) is 1.98. The summed E-state index contributed by atoms with van der Waals surface area (Å²) in [6, 6.07) is 1.19. The van der Waals surface area contributed by atoms with Gasteiger partial charge in [0.2, 0.25) is 0 Å². The summed E-state index contributed by atoms with van der Waals surface area (Å²) in [6.07, 6.45) is -4.31. The molecule has 13 heavy (non-hydrogen) atoms. The van der Waals surface area contributed by atoms with Gasteiger partial charge in [0.25, 0.3) is 0 Å². The number of alkyl halides is 3. The van der Waals surface area contributed by atoms with E-state index in [-0.39, 0.29) is 11.5 Å². The minimum atomic E-state index is -4.31. The zero-order valence-electron chi connectivity index (χ0n) is 7.24. The number of nitrogens with one attached hydrogen (secondary N) is 1. The first-order chi connectivity index (χ1) is 5.75. The molecule has 0 unspecified atom stereocenters. The highest BCUT2D eigenvalue weighted by Gasteiger charge is 2.49. The van der Waals surface area contributed by atoms with E-state index in [9.17, 15) is 13.2 Å². The van der Waals surface area contributed by atoms with Crippen LogP contribution >= 0.6 is 0 Å². The van der Waals surface area contributed by atoms with Crippen molar-refractivity contribution >= 4 is 5.82 Å². The second kappa shape index (κ2) is 2.65. The van der Waals surface area contributed by atoms with Gasteiger partial charge in [0.05, 0.1) is 5.69 Å². The van der Waals surface area contributed by atoms with E-state index in [1.54, 1.807) is 0 Å². The number of hydrogen-bond donors (Lipinski definition) is 2. The lowest BCUT2D eigenvalue weighted by atomic mass is 9.89. The van der Waals surface area contributed by atoms with Crippen LogP contribution in [0.25, 0.3) is 0 Å². The van der Waals surface area contributed by atoms with E-state index in [0.29, 0.717) is 0 Å². The van der Waals surface area contributed by atoms with Gasteiger partial charge in [-0.15, -0.1) is 0 Å². The van der Waals surface area contributed by atoms with E-state index in [0.717, 1.165) is 13.8 Å². The third-order valence-corrected chi connectivity index (χ3v) is 1.98. The zero-order chi connectivity index (χ0) is 10.3. The van der Waals surface area contributed by atoms with Crippen LogP contribution in [0, 0.1) is 0 Å². The Morgan fingerprint density at radius 3 is 2.23 bits per heavy atom. The number of halogens is 3. The zero-order valence-corrected chi connectivity index (χ0v) is 7.24. The highest BCUT2D eigenvalue weighted by Crippen LogP contribution is 2.39. The molecule has 0 spiro atoms. The van der Waals surface area contributed by atoms with Crippen LogP contribution in [0.5, 0.6) is 0 Å². The van der Waals surface area contributed by atoms with Crippen molar-refractivity contribution in [3.8, 4) is 0 Å². The predicted octanol–water partition coefficient (Wildman–Crippen LogP) is 1.83. The molecule has 0 bridgehead atoms. The molecule has 3 N–H and O–H groups in total. The number of aromatic nitrogens is 2. The molecule has 6 heteroatoms. The van der Waals surface area contributed by atoms with Crippen molar-refractivity contribution in [2.75, 3.05) is 5.73 Å². The van der Waals surface area contributed by atoms with Gasteiger partial charge in [-0.25, -0.2) is 0 Å².